The number of fused-ring (bicyclic) bond motifs is 4. The predicted octanol–water partition coefficient (Wildman–Crippen LogP) is 13.6. The van der Waals surface area contributed by atoms with E-state index in [1.165, 1.54) is 20.5 Å². The first-order valence-corrected chi connectivity index (χ1v) is 20.1. The van der Waals surface area contributed by atoms with Gasteiger partial charge in [-0.05, 0) is 58.7 Å². The zero-order valence-electron chi connectivity index (χ0n) is 31.2. The Morgan fingerprint density at radius 3 is 1.52 bits per heavy atom. The van der Waals surface area contributed by atoms with Gasteiger partial charge in [0.1, 0.15) is 5.82 Å². The van der Waals surface area contributed by atoms with Gasteiger partial charge in [0.25, 0.3) is 0 Å². The highest BCUT2D eigenvalue weighted by molar-refractivity contribution is 7.26. The summed E-state index contributed by atoms with van der Waals surface area (Å²) in [7, 11) is 0. The molecule has 3 aromatic heterocycles. The van der Waals surface area contributed by atoms with Crippen molar-refractivity contribution in [3.63, 3.8) is 0 Å². The molecule has 0 saturated carbocycles. The number of para-hydroxylation sites is 3. The fourth-order valence-corrected chi connectivity index (χ4v) is 9.02. The van der Waals surface area contributed by atoms with Crippen LogP contribution in [0.1, 0.15) is 0 Å². The largest absolute Gasteiger partial charge is 0.292 e. The van der Waals surface area contributed by atoms with Gasteiger partial charge < -0.3 is 0 Å². The lowest BCUT2D eigenvalue weighted by Gasteiger charge is -2.11. The molecule has 8 aromatic carbocycles. The van der Waals surface area contributed by atoms with Crippen molar-refractivity contribution in [3.05, 3.63) is 200 Å². The van der Waals surface area contributed by atoms with Crippen molar-refractivity contribution in [2.75, 3.05) is 0 Å². The van der Waals surface area contributed by atoms with Crippen LogP contribution in [0.5, 0.6) is 0 Å². The molecule has 5 nitrogen and oxygen atoms in total. The van der Waals surface area contributed by atoms with Crippen LogP contribution < -0.4 is 0 Å². The minimum atomic E-state index is 0.630. The van der Waals surface area contributed by atoms with Crippen LogP contribution in [-0.2, 0) is 0 Å². The summed E-state index contributed by atoms with van der Waals surface area (Å²) in [5.41, 5.74) is 11.6. The first kappa shape index (κ1) is 33.8. The molecule has 0 bridgehead atoms. The van der Waals surface area contributed by atoms with E-state index < -0.39 is 0 Å². The Morgan fingerprint density at radius 2 is 0.879 bits per heavy atom. The monoisotopic (exact) mass is 759 g/mol. The van der Waals surface area contributed by atoms with Crippen LogP contribution in [0.3, 0.4) is 0 Å². The third kappa shape index (κ3) is 6.04. The molecule has 0 aliphatic carbocycles. The van der Waals surface area contributed by atoms with E-state index in [1.54, 1.807) is 11.3 Å². The van der Waals surface area contributed by atoms with E-state index in [0.29, 0.717) is 17.5 Å². The summed E-state index contributed by atoms with van der Waals surface area (Å²) < 4.78 is 4.60. The third-order valence-electron chi connectivity index (χ3n) is 10.7. The summed E-state index contributed by atoms with van der Waals surface area (Å²) in [6.07, 6.45) is 0. The molecule has 11 aromatic rings. The number of rotatable bonds is 7. The molecule has 0 saturated heterocycles. The molecule has 0 amide bonds. The van der Waals surface area contributed by atoms with Gasteiger partial charge in [-0.3, -0.25) is 4.57 Å². The van der Waals surface area contributed by atoms with E-state index in [9.17, 15) is 0 Å². The van der Waals surface area contributed by atoms with Gasteiger partial charge in [0, 0.05) is 48.1 Å². The molecule has 0 fully saturated rings. The Morgan fingerprint density at radius 1 is 0.362 bits per heavy atom. The van der Waals surface area contributed by atoms with Crippen molar-refractivity contribution >= 4 is 42.5 Å². The van der Waals surface area contributed by atoms with Crippen LogP contribution in [0, 0.1) is 0 Å². The van der Waals surface area contributed by atoms with E-state index >= 15 is 0 Å². The van der Waals surface area contributed by atoms with E-state index in [1.807, 2.05) is 24.3 Å². The van der Waals surface area contributed by atoms with Crippen LogP contribution in [0.2, 0.25) is 0 Å². The van der Waals surface area contributed by atoms with Crippen LogP contribution in [0.25, 0.3) is 105 Å². The second-order valence-corrected chi connectivity index (χ2v) is 15.4. The van der Waals surface area contributed by atoms with Crippen molar-refractivity contribution in [2.45, 2.75) is 0 Å². The van der Waals surface area contributed by atoms with Crippen molar-refractivity contribution in [1.82, 2.24) is 24.5 Å². The van der Waals surface area contributed by atoms with Crippen LogP contribution in [-0.4, -0.2) is 24.5 Å². The molecule has 272 valence electrons. The summed E-state index contributed by atoms with van der Waals surface area (Å²) in [5.74, 6) is 2.81. The van der Waals surface area contributed by atoms with Crippen molar-refractivity contribution < 1.29 is 0 Å². The second kappa shape index (κ2) is 14.2. The third-order valence-corrected chi connectivity index (χ3v) is 11.8. The fraction of sp³-hybridized carbons (Fsp3) is 0. The topological polar surface area (TPSA) is 56.5 Å². The van der Waals surface area contributed by atoms with E-state index in [0.717, 1.165) is 66.7 Å². The Hall–Kier alpha value is -7.54. The molecule has 0 radical (unpaired) electrons. The highest BCUT2D eigenvalue weighted by atomic mass is 32.1. The number of imidazole rings is 1. The van der Waals surface area contributed by atoms with E-state index in [-0.39, 0.29) is 0 Å². The van der Waals surface area contributed by atoms with Crippen molar-refractivity contribution in [2.24, 2.45) is 0 Å². The van der Waals surface area contributed by atoms with Crippen molar-refractivity contribution in [1.29, 1.82) is 0 Å². The smallest absolute Gasteiger partial charge is 0.164 e. The zero-order valence-corrected chi connectivity index (χ0v) is 32.0. The average Bonchev–Trinajstić information content (AvgIpc) is 3.89. The first-order chi connectivity index (χ1) is 28.7. The quantitative estimate of drug-likeness (QED) is 0.162. The number of nitrogens with zero attached hydrogens (tertiary/aromatic N) is 5. The van der Waals surface area contributed by atoms with Gasteiger partial charge in [0.15, 0.2) is 17.5 Å². The normalized spacial score (nSPS) is 11.4. The second-order valence-electron chi connectivity index (χ2n) is 14.3. The molecule has 0 spiro atoms. The van der Waals surface area contributed by atoms with Gasteiger partial charge in [0.2, 0.25) is 0 Å². The van der Waals surface area contributed by atoms with Gasteiger partial charge in [-0.2, -0.15) is 0 Å². The fourth-order valence-electron chi connectivity index (χ4n) is 7.85. The minimum absolute atomic E-state index is 0.630. The predicted molar refractivity (Wildman–Crippen MR) is 240 cm³/mol. The number of thiophene rings is 1. The van der Waals surface area contributed by atoms with Gasteiger partial charge in [0.05, 0.1) is 11.0 Å². The van der Waals surface area contributed by atoms with Gasteiger partial charge >= 0.3 is 0 Å². The first-order valence-electron chi connectivity index (χ1n) is 19.3. The SMILES string of the molecule is c1ccc(-c2ccc(-c3nc(-c4ccc(-c5ccccc5)cc4)nc(-c4cccc5sc6cc(-c7nc8ccccc8n7-c7ccccc7)ccc6c45)n3)cc2)cc1. The molecule has 0 aliphatic heterocycles. The summed E-state index contributed by atoms with van der Waals surface area (Å²) in [4.78, 5) is 20.7. The molecule has 0 unspecified atom stereocenters. The standard InChI is InChI=1S/C52H33N5S/c1-4-13-34(14-5-1)36-23-27-38(28-24-36)49-54-50(39-29-25-37(26-30-39)35-15-6-2-7-16-35)56-51(55-49)43-19-12-22-46-48(43)42-32-31-40(33-47(42)58-46)52-53-44-20-10-11-21-45(44)57(52)41-17-8-3-9-18-41/h1-33H. The average molecular weight is 760 g/mol. The molecule has 0 atom stereocenters. The lowest BCUT2D eigenvalue weighted by molar-refractivity contribution is 1.08. The maximum absolute atomic E-state index is 5.21. The Bertz CT molecular complexity index is 3140. The van der Waals surface area contributed by atoms with Crippen LogP contribution in [0.4, 0.5) is 0 Å². The molecule has 6 heteroatoms. The van der Waals surface area contributed by atoms with E-state index in [4.69, 9.17) is 19.9 Å². The zero-order chi connectivity index (χ0) is 38.4. The van der Waals surface area contributed by atoms with E-state index in [2.05, 4.69) is 180 Å². The summed E-state index contributed by atoms with van der Waals surface area (Å²) in [5, 5.41) is 2.29. The molecule has 0 aliphatic rings. The lowest BCUT2D eigenvalue weighted by Crippen LogP contribution is -2.00. The lowest BCUT2D eigenvalue weighted by atomic mass is 10.0. The number of aromatic nitrogens is 5. The Kier molecular flexibility index (Phi) is 8.26. The Balaban J connectivity index is 1.05. The number of benzene rings is 8. The molecule has 58 heavy (non-hydrogen) atoms. The molecule has 0 N–H and O–H groups in total. The molecule has 3 heterocycles. The minimum Gasteiger partial charge on any atom is -0.292 e. The molecule has 11 rings (SSSR count). The Labute approximate surface area is 339 Å². The number of hydrogen-bond donors (Lipinski definition) is 0. The summed E-state index contributed by atoms with van der Waals surface area (Å²) in [6.45, 7) is 0. The number of hydrogen-bond acceptors (Lipinski definition) is 5. The van der Waals surface area contributed by atoms with Gasteiger partial charge in [-0.1, -0.05) is 164 Å². The summed E-state index contributed by atoms with van der Waals surface area (Å²) in [6, 6.07) is 69.7. The molecular formula is C52H33N5S. The van der Waals surface area contributed by atoms with Crippen LogP contribution >= 0.6 is 11.3 Å². The summed E-state index contributed by atoms with van der Waals surface area (Å²) >= 11 is 1.78. The maximum atomic E-state index is 5.21. The highest BCUT2D eigenvalue weighted by Crippen LogP contribution is 2.42. The molecular weight excluding hydrogens is 727 g/mol. The highest BCUT2D eigenvalue weighted by Gasteiger charge is 2.20. The van der Waals surface area contributed by atoms with Gasteiger partial charge in [-0.25, -0.2) is 19.9 Å². The van der Waals surface area contributed by atoms with Crippen LogP contribution in [0.15, 0.2) is 200 Å². The maximum Gasteiger partial charge on any atom is 0.164 e. The van der Waals surface area contributed by atoms with Gasteiger partial charge in [-0.15, -0.1) is 11.3 Å². The van der Waals surface area contributed by atoms with Crippen molar-refractivity contribution in [3.8, 4) is 73.5 Å².